The minimum absolute atomic E-state index is 0.239. The zero-order chi connectivity index (χ0) is 13.7. The summed E-state index contributed by atoms with van der Waals surface area (Å²) in [5, 5.41) is 0. The number of carbonyl (C=O) groups is 1. The smallest absolute Gasteiger partial charge is 0.415 e. The quantitative estimate of drug-likeness (QED) is 0.581. The van der Waals surface area contributed by atoms with Crippen LogP contribution in [0.15, 0.2) is 30.3 Å². The molecule has 2 rings (SSSR count). The van der Waals surface area contributed by atoms with E-state index in [1.807, 2.05) is 36.4 Å². The third kappa shape index (κ3) is 2.91. The second-order valence-corrected chi connectivity index (χ2v) is 4.15. The van der Waals surface area contributed by atoms with E-state index in [0.717, 1.165) is 11.3 Å². The van der Waals surface area contributed by atoms with Gasteiger partial charge < -0.3 is 4.74 Å². The van der Waals surface area contributed by atoms with Crippen molar-refractivity contribution < 1.29 is 9.53 Å². The molecule has 0 saturated carbocycles. The highest BCUT2D eigenvalue weighted by Gasteiger charge is 2.27. The van der Waals surface area contributed by atoms with Gasteiger partial charge in [-0.2, -0.15) is 0 Å². The Balaban J connectivity index is 2.40. The molecule has 0 radical (unpaired) electrons. The minimum atomic E-state index is -0.395. The van der Waals surface area contributed by atoms with E-state index in [1.54, 1.807) is 11.8 Å². The highest BCUT2D eigenvalue weighted by molar-refractivity contribution is 6.19. The number of ether oxygens (including phenoxy) is 1. The number of anilines is 1. The van der Waals surface area contributed by atoms with Gasteiger partial charge >= 0.3 is 6.09 Å². The van der Waals surface area contributed by atoms with E-state index >= 15 is 0 Å². The fourth-order valence-electron chi connectivity index (χ4n) is 1.94. The summed E-state index contributed by atoms with van der Waals surface area (Å²) < 4.78 is 5.10. The molecule has 1 unspecified atom stereocenters. The number of alkyl halides is 1. The lowest BCUT2D eigenvalue weighted by Gasteiger charge is -2.30. The summed E-state index contributed by atoms with van der Waals surface area (Å²) >= 11 is 5.58. The first-order valence-corrected chi connectivity index (χ1v) is 6.59. The van der Waals surface area contributed by atoms with Crippen molar-refractivity contribution in [3.8, 4) is 11.8 Å². The maximum atomic E-state index is 12.1. The van der Waals surface area contributed by atoms with Crippen molar-refractivity contribution in [3.05, 3.63) is 35.9 Å². The van der Waals surface area contributed by atoms with E-state index in [9.17, 15) is 4.79 Å². The Morgan fingerprint density at radius 3 is 3.00 bits per heavy atom. The summed E-state index contributed by atoms with van der Waals surface area (Å²) in [6, 6.07) is 7.30. The van der Waals surface area contributed by atoms with Crippen LogP contribution >= 0.6 is 11.6 Å². The van der Waals surface area contributed by atoms with E-state index < -0.39 is 6.09 Å². The van der Waals surface area contributed by atoms with Gasteiger partial charge in [0.15, 0.2) is 0 Å². The molecular formula is C15H14ClNO2. The zero-order valence-corrected chi connectivity index (χ0v) is 11.4. The summed E-state index contributed by atoms with van der Waals surface area (Å²) in [6.45, 7) is 2.11. The Morgan fingerprint density at radius 2 is 2.26 bits per heavy atom. The fraction of sp³-hybridized carbons (Fsp3) is 0.267. The summed E-state index contributed by atoms with van der Waals surface area (Å²) in [4.78, 5) is 13.7. The summed E-state index contributed by atoms with van der Waals surface area (Å²) in [7, 11) is 0. The monoisotopic (exact) mass is 275 g/mol. The van der Waals surface area contributed by atoms with E-state index in [0.29, 0.717) is 6.61 Å². The minimum Gasteiger partial charge on any atom is -0.449 e. The molecule has 0 N–H and O–H groups in total. The van der Waals surface area contributed by atoms with E-state index in [-0.39, 0.29) is 11.9 Å². The molecular weight excluding hydrogens is 262 g/mol. The van der Waals surface area contributed by atoms with Gasteiger partial charge in [0, 0.05) is 0 Å². The van der Waals surface area contributed by atoms with Crippen molar-refractivity contribution in [2.24, 2.45) is 0 Å². The maximum absolute atomic E-state index is 12.1. The highest BCUT2D eigenvalue weighted by atomic mass is 35.5. The Hall–Kier alpha value is -1.92. The SMILES string of the molecule is CCOC(=O)N1c2ccccc2C=CC1C#CCCl. The van der Waals surface area contributed by atoms with Crippen molar-refractivity contribution in [2.45, 2.75) is 13.0 Å². The van der Waals surface area contributed by atoms with Crippen LogP contribution in [0, 0.1) is 11.8 Å². The standard InChI is InChI=1S/C15H14ClNO2/c1-2-19-15(18)17-13(7-5-11-16)10-9-12-6-3-4-8-14(12)17/h3-4,6,8-10,13H,2,11H2,1H3. The molecule has 0 spiro atoms. The van der Waals surface area contributed by atoms with E-state index in [2.05, 4.69) is 11.8 Å². The molecule has 0 aromatic heterocycles. The summed E-state index contributed by atoms with van der Waals surface area (Å²) in [5.41, 5.74) is 1.77. The number of fused-ring (bicyclic) bond motifs is 1. The number of hydrogen-bond acceptors (Lipinski definition) is 2. The molecule has 4 heteroatoms. The van der Waals surface area contributed by atoms with Crippen LogP contribution in [0.1, 0.15) is 12.5 Å². The topological polar surface area (TPSA) is 29.5 Å². The molecule has 0 bridgehead atoms. The van der Waals surface area contributed by atoms with Crippen LogP contribution in [-0.2, 0) is 4.74 Å². The average molecular weight is 276 g/mol. The molecule has 1 aliphatic rings. The molecule has 1 heterocycles. The number of rotatable bonds is 1. The van der Waals surface area contributed by atoms with Crippen LogP contribution in [0.2, 0.25) is 0 Å². The lowest BCUT2D eigenvalue weighted by atomic mass is 10.0. The first-order valence-electron chi connectivity index (χ1n) is 6.05. The second-order valence-electron chi connectivity index (χ2n) is 3.89. The van der Waals surface area contributed by atoms with Gasteiger partial charge in [0.05, 0.1) is 18.2 Å². The third-order valence-corrected chi connectivity index (χ3v) is 2.85. The normalized spacial score (nSPS) is 16.3. The van der Waals surface area contributed by atoms with Gasteiger partial charge in [0.25, 0.3) is 0 Å². The van der Waals surface area contributed by atoms with Gasteiger partial charge in [0.2, 0.25) is 0 Å². The number of hydrogen-bond donors (Lipinski definition) is 0. The van der Waals surface area contributed by atoms with Crippen molar-refractivity contribution in [2.75, 3.05) is 17.4 Å². The molecule has 19 heavy (non-hydrogen) atoms. The van der Waals surface area contributed by atoms with Gasteiger partial charge in [-0.25, -0.2) is 4.79 Å². The number of carbonyl (C=O) groups excluding carboxylic acids is 1. The molecule has 0 aliphatic carbocycles. The molecule has 1 atom stereocenters. The predicted octanol–water partition coefficient (Wildman–Crippen LogP) is 3.29. The number of halogens is 1. The van der Waals surface area contributed by atoms with Gasteiger partial charge in [-0.05, 0) is 24.6 Å². The Morgan fingerprint density at radius 1 is 1.47 bits per heavy atom. The largest absolute Gasteiger partial charge is 0.449 e. The predicted molar refractivity (Wildman–Crippen MR) is 77.3 cm³/mol. The molecule has 1 aliphatic heterocycles. The molecule has 0 fully saturated rings. The number of para-hydroxylation sites is 1. The van der Waals surface area contributed by atoms with Crippen LogP contribution in [0.25, 0.3) is 6.08 Å². The summed E-state index contributed by atoms with van der Waals surface area (Å²) in [5.74, 6) is 5.99. The van der Waals surface area contributed by atoms with Gasteiger partial charge in [-0.15, -0.1) is 11.6 Å². The lowest BCUT2D eigenvalue weighted by molar-refractivity contribution is 0.159. The van der Waals surface area contributed by atoms with Crippen LogP contribution in [0.3, 0.4) is 0 Å². The van der Waals surface area contributed by atoms with Crippen LogP contribution in [0.5, 0.6) is 0 Å². The first-order chi connectivity index (χ1) is 9.27. The van der Waals surface area contributed by atoms with Crippen LogP contribution in [-0.4, -0.2) is 24.6 Å². The van der Waals surface area contributed by atoms with Gasteiger partial charge in [-0.1, -0.05) is 36.1 Å². The Bertz CT molecular complexity index is 557. The molecule has 1 aromatic rings. The van der Waals surface area contributed by atoms with Crippen LogP contribution < -0.4 is 4.90 Å². The molecule has 1 amide bonds. The summed E-state index contributed by atoms with van der Waals surface area (Å²) in [6.07, 6.45) is 3.44. The van der Waals surface area contributed by atoms with Crippen molar-refractivity contribution >= 4 is 29.5 Å². The highest BCUT2D eigenvalue weighted by Crippen LogP contribution is 2.29. The van der Waals surface area contributed by atoms with Crippen molar-refractivity contribution in [1.82, 2.24) is 0 Å². The number of nitrogens with zero attached hydrogens (tertiary/aromatic N) is 1. The van der Waals surface area contributed by atoms with Crippen molar-refractivity contribution in [3.63, 3.8) is 0 Å². The van der Waals surface area contributed by atoms with Crippen LogP contribution in [0.4, 0.5) is 10.5 Å². The maximum Gasteiger partial charge on any atom is 0.415 e. The third-order valence-electron chi connectivity index (χ3n) is 2.71. The van der Waals surface area contributed by atoms with E-state index in [1.165, 1.54) is 0 Å². The zero-order valence-electron chi connectivity index (χ0n) is 10.6. The first kappa shape index (κ1) is 13.5. The second kappa shape index (κ2) is 6.31. The van der Waals surface area contributed by atoms with E-state index in [4.69, 9.17) is 16.3 Å². The molecule has 1 aromatic carbocycles. The number of benzene rings is 1. The van der Waals surface area contributed by atoms with Gasteiger partial charge in [-0.3, -0.25) is 4.90 Å². The fourth-order valence-corrected chi connectivity index (χ4v) is 2.02. The molecule has 0 saturated heterocycles. The Kier molecular flexibility index (Phi) is 4.48. The van der Waals surface area contributed by atoms with Gasteiger partial charge in [0.1, 0.15) is 6.04 Å². The molecule has 98 valence electrons. The average Bonchev–Trinajstić information content (AvgIpc) is 2.44. The Labute approximate surface area is 117 Å². The number of amides is 1. The molecule has 3 nitrogen and oxygen atoms in total. The lowest BCUT2D eigenvalue weighted by Crippen LogP contribution is -2.41. The van der Waals surface area contributed by atoms with Crippen molar-refractivity contribution in [1.29, 1.82) is 0 Å².